The Morgan fingerprint density at radius 1 is 0.692 bits per heavy atom. The number of benzene rings is 4. The number of rotatable bonds is 7. The summed E-state index contributed by atoms with van der Waals surface area (Å²) in [5, 5.41) is 0. The van der Waals surface area contributed by atoms with Gasteiger partial charge in [0, 0.05) is 16.6 Å². The van der Waals surface area contributed by atoms with Gasteiger partial charge in [0.1, 0.15) is 0 Å². The lowest BCUT2D eigenvalue weighted by molar-refractivity contribution is -0.142. The smallest absolute Gasteiger partial charge is 0.239 e. The Kier molecular flexibility index (Phi) is 6.65. The lowest BCUT2D eigenvalue weighted by Crippen LogP contribution is -2.49. The molecular formula is C33H27BrN2O3. The Bertz CT molecular complexity index is 1540. The molecule has 4 aromatic rings. The summed E-state index contributed by atoms with van der Waals surface area (Å²) >= 11 is 3.59. The third-order valence-electron chi connectivity index (χ3n) is 7.89. The molecule has 0 unspecified atom stereocenters. The van der Waals surface area contributed by atoms with Crippen molar-refractivity contribution in [2.24, 2.45) is 5.92 Å². The van der Waals surface area contributed by atoms with Crippen LogP contribution in [-0.2, 0) is 39.3 Å². The lowest BCUT2D eigenvalue weighted by atomic mass is 9.66. The van der Waals surface area contributed by atoms with E-state index in [0.29, 0.717) is 13.0 Å². The first-order valence-corrected chi connectivity index (χ1v) is 13.8. The predicted molar refractivity (Wildman–Crippen MR) is 154 cm³/mol. The zero-order chi connectivity index (χ0) is 27.0. The van der Waals surface area contributed by atoms with Gasteiger partial charge >= 0.3 is 0 Å². The molecule has 0 spiro atoms. The van der Waals surface area contributed by atoms with Crippen LogP contribution < -0.4 is 4.90 Å². The van der Waals surface area contributed by atoms with E-state index in [9.17, 15) is 14.4 Å². The number of carbonyl (C=O) groups is 3. The topological polar surface area (TPSA) is 57.7 Å². The monoisotopic (exact) mass is 578 g/mol. The second kappa shape index (κ2) is 10.3. The van der Waals surface area contributed by atoms with E-state index in [2.05, 4.69) is 15.9 Å². The number of anilines is 1. The van der Waals surface area contributed by atoms with E-state index in [-0.39, 0.29) is 30.7 Å². The fraction of sp³-hybridized carbons (Fsp3) is 0.182. The normalized spacial score (nSPS) is 20.5. The lowest BCUT2D eigenvalue weighted by Gasteiger charge is -2.33. The molecule has 194 valence electrons. The second-order valence-corrected chi connectivity index (χ2v) is 11.1. The van der Waals surface area contributed by atoms with Crippen molar-refractivity contribution in [2.75, 3.05) is 4.90 Å². The zero-order valence-corrected chi connectivity index (χ0v) is 22.9. The quantitative estimate of drug-likeness (QED) is 0.251. The summed E-state index contributed by atoms with van der Waals surface area (Å²) < 4.78 is 0.849. The summed E-state index contributed by atoms with van der Waals surface area (Å²) in [4.78, 5) is 45.3. The molecule has 5 nitrogen and oxygen atoms in total. The van der Waals surface area contributed by atoms with Crippen LogP contribution in [0.15, 0.2) is 114 Å². The number of nitrogens with zero attached hydrogens (tertiary/aromatic N) is 2. The van der Waals surface area contributed by atoms with Crippen LogP contribution in [0.1, 0.15) is 28.7 Å². The molecule has 3 amide bonds. The number of amides is 3. The minimum atomic E-state index is -1.20. The third-order valence-corrected chi connectivity index (χ3v) is 8.38. The van der Waals surface area contributed by atoms with Crippen LogP contribution in [0.25, 0.3) is 0 Å². The van der Waals surface area contributed by atoms with Crippen molar-refractivity contribution in [3.8, 4) is 0 Å². The van der Waals surface area contributed by atoms with Gasteiger partial charge in [-0.1, -0.05) is 113 Å². The van der Waals surface area contributed by atoms with Crippen LogP contribution in [0.5, 0.6) is 0 Å². The van der Waals surface area contributed by atoms with Crippen molar-refractivity contribution in [2.45, 2.75) is 31.3 Å². The van der Waals surface area contributed by atoms with Crippen molar-refractivity contribution >= 4 is 39.3 Å². The largest absolute Gasteiger partial charge is 0.307 e. The van der Waals surface area contributed by atoms with Gasteiger partial charge in [-0.15, -0.1) is 0 Å². The highest BCUT2D eigenvalue weighted by Crippen LogP contribution is 2.52. The number of imide groups is 1. The number of likely N-dealkylation sites (tertiary alicyclic amines) is 1. The minimum Gasteiger partial charge on any atom is -0.307 e. The van der Waals surface area contributed by atoms with Gasteiger partial charge in [0.25, 0.3) is 0 Å². The van der Waals surface area contributed by atoms with Gasteiger partial charge in [0.05, 0.1) is 24.4 Å². The third kappa shape index (κ3) is 4.49. The molecule has 4 aromatic carbocycles. The average Bonchev–Trinajstić information content (AvgIpc) is 3.36. The van der Waals surface area contributed by atoms with Gasteiger partial charge < -0.3 is 4.90 Å². The molecule has 1 saturated heterocycles. The summed E-state index contributed by atoms with van der Waals surface area (Å²) in [5.41, 5.74) is 3.18. The van der Waals surface area contributed by atoms with E-state index in [4.69, 9.17) is 0 Å². The highest BCUT2D eigenvalue weighted by molar-refractivity contribution is 9.10. The summed E-state index contributed by atoms with van der Waals surface area (Å²) in [6.07, 6.45) is 0.328. The average molecular weight is 579 g/mol. The maximum absolute atomic E-state index is 14.7. The van der Waals surface area contributed by atoms with Crippen LogP contribution in [-0.4, -0.2) is 22.6 Å². The van der Waals surface area contributed by atoms with E-state index >= 15 is 0 Å². The van der Waals surface area contributed by atoms with Crippen LogP contribution >= 0.6 is 15.9 Å². The van der Waals surface area contributed by atoms with E-state index in [1.807, 2.05) is 109 Å². The maximum Gasteiger partial charge on any atom is 0.239 e. The van der Waals surface area contributed by atoms with Crippen LogP contribution in [0.3, 0.4) is 0 Å². The Hall–Kier alpha value is -4.03. The Labute approximate surface area is 236 Å². The van der Waals surface area contributed by atoms with E-state index in [1.54, 1.807) is 4.90 Å². The second-order valence-electron chi connectivity index (χ2n) is 10.2. The van der Waals surface area contributed by atoms with Gasteiger partial charge in [-0.05, 0) is 40.8 Å². The molecule has 0 bridgehead atoms. The summed E-state index contributed by atoms with van der Waals surface area (Å²) in [7, 11) is 0. The molecule has 2 heterocycles. The van der Waals surface area contributed by atoms with Gasteiger partial charge in [0.15, 0.2) is 0 Å². The van der Waals surface area contributed by atoms with Crippen molar-refractivity contribution in [3.63, 3.8) is 0 Å². The summed E-state index contributed by atoms with van der Waals surface area (Å²) in [6.45, 7) is 0.577. The van der Waals surface area contributed by atoms with Crippen molar-refractivity contribution < 1.29 is 14.4 Å². The first-order chi connectivity index (χ1) is 19.0. The number of fused-ring (bicyclic) bond motifs is 1. The Morgan fingerprint density at radius 2 is 1.23 bits per heavy atom. The first-order valence-electron chi connectivity index (χ1n) is 13.1. The Balaban J connectivity index is 1.47. The number of hydrogen-bond acceptors (Lipinski definition) is 3. The van der Waals surface area contributed by atoms with Crippen molar-refractivity contribution in [1.29, 1.82) is 0 Å². The number of carbonyl (C=O) groups excluding carboxylic acids is 3. The predicted octanol–water partition coefficient (Wildman–Crippen LogP) is 6.05. The van der Waals surface area contributed by atoms with E-state index in [0.717, 1.165) is 32.4 Å². The van der Waals surface area contributed by atoms with Gasteiger partial charge in [-0.3, -0.25) is 19.3 Å². The Morgan fingerprint density at radius 3 is 1.82 bits per heavy atom. The zero-order valence-electron chi connectivity index (χ0n) is 21.3. The van der Waals surface area contributed by atoms with Crippen LogP contribution in [0.4, 0.5) is 5.69 Å². The van der Waals surface area contributed by atoms with Crippen LogP contribution in [0, 0.1) is 5.92 Å². The fourth-order valence-corrected chi connectivity index (χ4v) is 6.39. The summed E-state index contributed by atoms with van der Waals surface area (Å²) in [5.74, 6) is -1.48. The van der Waals surface area contributed by atoms with E-state index < -0.39 is 11.3 Å². The number of halogens is 1. The molecule has 1 fully saturated rings. The fourth-order valence-electron chi connectivity index (χ4n) is 6.04. The first kappa shape index (κ1) is 25.3. The highest BCUT2D eigenvalue weighted by atomic mass is 79.9. The van der Waals surface area contributed by atoms with Gasteiger partial charge in [-0.2, -0.15) is 0 Å². The van der Waals surface area contributed by atoms with Gasteiger partial charge in [0.2, 0.25) is 17.7 Å². The molecule has 0 radical (unpaired) electrons. The van der Waals surface area contributed by atoms with Crippen molar-refractivity contribution in [1.82, 2.24) is 4.90 Å². The molecule has 2 atom stereocenters. The molecule has 2 aliphatic rings. The molecule has 0 aromatic heterocycles. The molecule has 6 heteroatoms. The van der Waals surface area contributed by atoms with Gasteiger partial charge in [-0.25, -0.2) is 0 Å². The molecule has 39 heavy (non-hydrogen) atoms. The van der Waals surface area contributed by atoms with Crippen molar-refractivity contribution in [3.05, 3.63) is 136 Å². The highest BCUT2D eigenvalue weighted by Gasteiger charge is 2.61. The molecule has 2 aliphatic heterocycles. The standard InChI is InChI=1S/C33H27BrN2O3/c34-26-16-17-27-29(18-26)35(21-24-12-6-2-7-13-24)32(39)33(27,20-23-10-4-1-5-11-23)28-19-30(37)36(31(28)38)22-25-14-8-3-9-15-25/h1-18,28H,19-22H2/t28-,33+/m0/s1. The molecule has 0 saturated carbocycles. The van der Waals surface area contributed by atoms with E-state index in [1.165, 1.54) is 4.90 Å². The molecular weight excluding hydrogens is 552 g/mol. The SMILES string of the molecule is O=C1C[C@H]([C@]2(Cc3ccccc3)C(=O)N(Cc3ccccc3)c3cc(Br)ccc32)C(=O)N1Cc1ccccc1. The maximum atomic E-state index is 14.7. The summed E-state index contributed by atoms with van der Waals surface area (Å²) in [6, 6.07) is 34.9. The number of hydrogen-bond donors (Lipinski definition) is 0. The van der Waals surface area contributed by atoms with Crippen LogP contribution in [0.2, 0.25) is 0 Å². The molecule has 0 N–H and O–H groups in total. The molecule has 0 aliphatic carbocycles. The molecule has 6 rings (SSSR count). The minimum absolute atomic E-state index is 0.00107.